The minimum Gasteiger partial charge on any atom is -0.337 e. The number of rotatable bonds is 2. The number of imidazole rings is 1. The largest absolute Gasteiger partial charge is 0.337 e. The van der Waals surface area contributed by atoms with Crippen LogP contribution in [0, 0.1) is 0 Å². The quantitative estimate of drug-likeness (QED) is 0.920. The molecule has 1 aromatic heterocycles. The number of nitrogens with zero attached hydrogens (tertiary/aromatic N) is 2. The van der Waals surface area contributed by atoms with Crippen molar-refractivity contribution in [2.75, 3.05) is 13.1 Å². The highest BCUT2D eigenvalue weighted by molar-refractivity contribution is 9.10. The van der Waals surface area contributed by atoms with Crippen LogP contribution < -0.4 is 5.32 Å². The molecule has 3 rings (SSSR count). The highest BCUT2D eigenvalue weighted by Gasteiger charge is 2.23. The van der Waals surface area contributed by atoms with E-state index >= 15 is 0 Å². The van der Waals surface area contributed by atoms with Crippen LogP contribution in [-0.4, -0.2) is 22.6 Å². The summed E-state index contributed by atoms with van der Waals surface area (Å²) < 4.78 is 3.30. The van der Waals surface area contributed by atoms with Gasteiger partial charge in [0.05, 0.1) is 12.0 Å². The summed E-state index contributed by atoms with van der Waals surface area (Å²) in [5.74, 6) is 0.607. The fourth-order valence-corrected chi connectivity index (χ4v) is 3.35. The second-order valence-electron chi connectivity index (χ2n) is 5.09. The Morgan fingerprint density at radius 2 is 2.00 bits per heavy atom. The van der Waals surface area contributed by atoms with Crippen molar-refractivity contribution >= 4 is 15.9 Å². The van der Waals surface area contributed by atoms with Gasteiger partial charge in [-0.3, -0.25) is 0 Å². The SMILES string of the molecule is Cn1cnc(-c2ccccc2Br)c1C1CCNCC1. The van der Waals surface area contributed by atoms with E-state index in [0.29, 0.717) is 5.92 Å². The van der Waals surface area contributed by atoms with E-state index in [9.17, 15) is 0 Å². The maximum atomic E-state index is 4.63. The van der Waals surface area contributed by atoms with Crippen LogP contribution in [0.4, 0.5) is 0 Å². The van der Waals surface area contributed by atoms with Crippen molar-refractivity contribution in [1.29, 1.82) is 0 Å². The first-order valence-electron chi connectivity index (χ1n) is 6.74. The van der Waals surface area contributed by atoms with Crippen LogP contribution in [0.25, 0.3) is 11.3 Å². The molecule has 1 N–H and O–H groups in total. The average Bonchev–Trinajstić information content (AvgIpc) is 2.82. The lowest BCUT2D eigenvalue weighted by Crippen LogP contribution is -2.27. The van der Waals surface area contributed by atoms with Gasteiger partial charge in [-0.2, -0.15) is 0 Å². The van der Waals surface area contributed by atoms with Gasteiger partial charge < -0.3 is 9.88 Å². The van der Waals surface area contributed by atoms with Gasteiger partial charge in [0.2, 0.25) is 0 Å². The molecule has 0 bridgehead atoms. The van der Waals surface area contributed by atoms with Crippen molar-refractivity contribution in [2.24, 2.45) is 7.05 Å². The zero-order valence-electron chi connectivity index (χ0n) is 11.1. The van der Waals surface area contributed by atoms with E-state index in [4.69, 9.17) is 0 Å². The molecule has 0 radical (unpaired) electrons. The highest BCUT2D eigenvalue weighted by atomic mass is 79.9. The molecule has 0 amide bonds. The van der Waals surface area contributed by atoms with E-state index < -0.39 is 0 Å². The number of halogens is 1. The summed E-state index contributed by atoms with van der Waals surface area (Å²) in [5.41, 5.74) is 3.69. The third-order valence-electron chi connectivity index (χ3n) is 3.84. The number of nitrogens with one attached hydrogen (secondary N) is 1. The molecule has 100 valence electrons. The van der Waals surface area contributed by atoms with Crippen molar-refractivity contribution in [3.8, 4) is 11.3 Å². The van der Waals surface area contributed by atoms with Crippen LogP contribution >= 0.6 is 15.9 Å². The first kappa shape index (κ1) is 12.9. The molecular weight excluding hydrogens is 302 g/mol. The minimum absolute atomic E-state index is 0.607. The Labute approximate surface area is 122 Å². The number of aryl methyl sites for hydroxylation is 1. The van der Waals surface area contributed by atoms with Crippen molar-refractivity contribution in [3.05, 3.63) is 40.8 Å². The second kappa shape index (κ2) is 5.47. The average molecular weight is 320 g/mol. The van der Waals surface area contributed by atoms with E-state index in [2.05, 4.69) is 56.0 Å². The molecule has 0 saturated carbocycles. The molecule has 4 heteroatoms. The predicted octanol–water partition coefficient (Wildman–Crippen LogP) is 3.32. The molecular formula is C15H18BrN3. The molecule has 2 aromatic rings. The smallest absolute Gasteiger partial charge is 0.0953 e. The van der Waals surface area contributed by atoms with Gasteiger partial charge in [-0.1, -0.05) is 34.1 Å². The lowest BCUT2D eigenvalue weighted by Gasteiger charge is -2.24. The second-order valence-corrected chi connectivity index (χ2v) is 5.95. The van der Waals surface area contributed by atoms with Gasteiger partial charge >= 0.3 is 0 Å². The van der Waals surface area contributed by atoms with Gasteiger partial charge in [0, 0.05) is 28.7 Å². The summed E-state index contributed by atoms with van der Waals surface area (Å²) in [6, 6.07) is 8.33. The van der Waals surface area contributed by atoms with E-state index in [1.54, 1.807) is 0 Å². The molecule has 0 unspecified atom stereocenters. The fourth-order valence-electron chi connectivity index (χ4n) is 2.88. The molecule has 1 aliphatic rings. The van der Waals surface area contributed by atoms with Crippen LogP contribution in [-0.2, 0) is 7.05 Å². The monoisotopic (exact) mass is 319 g/mol. The molecule has 1 aromatic carbocycles. The number of piperidine rings is 1. The van der Waals surface area contributed by atoms with Gasteiger partial charge in [-0.15, -0.1) is 0 Å². The number of hydrogen-bond acceptors (Lipinski definition) is 2. The first-order chi connectivity index (χ1) is 9.27. The van der Waals surface area contributed by atoms with E-state index in [0.717, 1.165) is 23.3 Å². The number of aromatic nitrogens is 2. The Balaban J connectivity index is 2.05. The Hall–Kier alpha value is -1.13. The summed E-state index contributed by atoms with van der Waals surface area (Å²) in [5, 5.41) is 3.43. The Morgan fingerprint density at radius 1 is 1.26 bits per heavy atom. The van der Waals surface area contributed by atoms with Crippen LogP contribution in [0.3, 0.4) is 0 Å². The molecule has 2 heterocycles. The molecule has 1 aliphatic heterocycles. The van der Waals surface area contributed by atoms with E-state index in [1.165, 1.54) is 24.1 Å². The van der Waals surface area contributed by atoms with Gasteiger partial charge in [0.15, 0.2) is 0 Å². The standard InChI is InChI=1S/C15H18BrN3/c1-19-10-18-14(12-4-2-3-5-13(12)16)15(19)11-6-8-17-9-7-11/h2-5,10-11,17H,6-9H2,1H3. The highest BCUT2D eigenvalue weighted by Crippen LogP contribution is 2.35. The summed E-state index contributed by atoms with van der Waals surface area (Å²) in [6.07, 6.45) is 4.32. The van der Waals surface area contributed by atoms with Crippen LogP contribution in [0.1, 0.15) is 24.5 Å². The van der Waals surface area contributed by atoms with Crippen LogP contribution in [0.15, 0.2) is 35.1 Å². The Morgan fingerprint density at radius 3 is 2.74 bits per heavy atom. The van der Waals surface area contributed by atoms with Gasteiger partial charge in [0.1, 0.15) is 0 Å². The fraction of sp³-hybridized carbons (Fsp3) is 0.400. The Kier molecular flexibility index (Phi) is 3.71. The van der Waals surface area contributed by atoms with Crippen molar-refractivity contribution < 1.29 is 0 Å². The lowest BCUT2D eigenvalue weighted by molar-refractivity contribution is 0.446. The Bertz CT molecular complexity index is 571. The van der Waals surface area contributed by atoms with Crippen molar-refractivity contribution in [2.45, 2.75) is 18.8 Å². The molecule has 0 spiro atoms. The zero-order chi connectivity index (χ0) is 13.2. The molecule has 0 atom stereocenters. The topological polar surface area (TPSA) is 29.9 Å². The summed E-state index contributed by atoms with van der Waals surface area (Å²) >= 11 is 3.64. The summed E-state index contributed by atoms with van der Waals surface area (Å²) in [7, 11) is 2.10. The number of hydrogen-bond donors (Lipinski definition) is 1. The molecule has 3 nitrogen and oxygen atoms in total. The molecule has 19 heavy (non-hydrogen) atoms. The van der Waals surface area contributed by atoms with Crippen LogP contribution in [0.2, 0.25) is 0 Å². The zero-order valence-corrected chi connectivity index (χ0v) is 12.7. The maximum absolute atomic E-state index is 4.63. The third kappa shape index (κ3) is 2.47. The first-order valence-corrected chi connectivity index (χ1v) is 7.53. The maximum Gasteiger partial charge on any atom is 0.0953 e. The number of benzene rings is 1. The summed E-state index contributed by atoms with van der Waals surface area (Å²) in [6.45, 7) is 2.20. The molecule has 1 fully saturated rings. The van der Waals surface area contributed by atoms with Crippen molar-refractivity contribution in [1.82, 2.24) is 14.9 Å². The van der Waals surface area contributed by atoms with Gasteiger partial charge in [-0.25, -0.2) is 4.98 Å². The predicted molar refractivity (Wildman–Crippen MR) is 81.2 cm³/mol. The van der Waals surface area contributed by atoms with Crippen molar-refractivity contribution in [3.63, 3.8) is 0 Å². The van der Waals surface area contributed by atoms with Gasteiger partial charge in [0.25, 0.3) is 0 Å². The normalized spacial score (nSPS) is 16.7. The third-order valence-corrected chi connectivity index (χ3v) is 4.53. The van der Waals surface area contributed by atoms with E-state index in [1.807, 2.05) is 12.4 Å². The molecule has 1 saturated heterocycles. The molecule has 0 aliphatic carbocycles. The minimum atomic E-state index is 0.607. The van der Waals surface area contributed by atoms with E-state index in [-0.39, 0.29) is 0 Å². The summed E-state index contributed by atoms with van der Waals surface area (Å²) in [4.78, 5) is 4.63. The van der Waals surface area contributed by atoms with Gasteiger partial charge in [-0.05, 0) is 32.0 Å². The van der Waals surface area contributed by atoms with Crippen LogP contribution in [0.5, 0.6) is 0 Å². The lowest BCUT2D eigenvalue weighted by atomic mass is 9.91.